The Kier molecular flexibility index (Phi) is 9.25. The molecule has 0 aliphatic rings. The molecule has 132 valence electrons. The van der Waals surface area contributed by atoms with Crippen LogP contribution in [0.2, 0.25) is 0 Å². The van der Waals surface area contributed by atoms with E-state index in [1.807, 2.05) is 30.3 Å². The maximum atomic E-state index is 5.67. The van der Waals surface area contributed by atoms with Crippen molar-refractivity contribution in [3.63, 3.8) is 0 Å². The van der Waals surface area contributed by atoms with Crippen molar-refractivity contribution in [1.29, 1.82) is 0 Å². The molecule has 1 aromatic heterocycles. The second kappa shape index (κ2) is 11.9. The number of hydrogen-bond acceptors (Lipinski definition) is 3. The first-order chi connectivity index (χ1) is 11.9. The summed E-state index contributed by atoms with van der Waals surface area (Å²) in [5.74, 6) is 0.713. The number of para-hydroxylation sites is 2. The fourth-order valence-corrected chi connectivity index (χ4v) is 2.89. The Morgan fingerprint density at radius 3 is 2.29 bits per heavy atom. The first-order valence-corrected chi connectivity index (χ1v) is 9.41. The molecule has 0 saturated heterocycles. The first kappa shape index (κ1) is 18.7. The number of benzene rings is 1. The standard InChI is InChI=1S/C21H31NO2/c1-23-18-14-10-8-6-4-2-3-5-7-9-11-17-21-22-19-15-12-13-16-20(19)24-21/h11-13,15-17H,2-10,14,18H2,1H3/b17-11+. The highest BCUT2D eigenvalue weighted by atomic mass is 16.5. The van der Waals surface area contributed by atoms with E-state index in [0.717, 1.165) is 24.1 Å². The molecule has 0 saturated carbocycles. The van der Waals surface area contributed by atoms with Gasteiger partial charge in [-0.1, -0.05) is 63.2 Å². The van der Waals surface area contributed by atoms with Gasteiger partial charge in [0.2, 0.25) is 5.89 Å². The van der Waals surface area contributed by atoms with Gasteiger partial charge in [-0.2, -0.15) is 0 Å². The Morgan fingerprint density at radius 1 is 0.917 bits per heavy atom. The van der Waals surface area contributed by atoms with Gasteiger partial charge in [-0.15, -0.1) is 0 Å². The van der Waals surface area contributed by atoms with Crippen LogP contribution in [0.4, 0.5) is 0 Å². The van der Waals surface area contributed by atoms with Crippen molar-refractivity contribution >= 4 is 17.2 Å². The van der Waals surface area contributed by atoms with Crippen LogP contribution < -0.4 is 0 Å². The maximum absolute atomic E-state index is 5.67. The predicted octanol–water partition coefficient (Wildman–Crippen LogP) is 6.39. The number of methoxy groups -OCH3 is 1. The van der Waals surface area contributed by atoms with Crippen LogP contribution in [0.5, 0.6) is 0 Å². The minimum absolute atomic E-state index is 0.713. The molecule has 0 fully saturated rings. The number of oxazole rings is 1. The molecule has 0 atom stereocenters. The van der Waals surface area contributed by atoms with Gasteiger partial charge in [0.15, 0.2) is 5.58 Å². The summed E-state index contributed by atoms with van der Waals surface area (Å²) in [5.41, 5.74) is 1.79. The molecule has 2 aromatic rings. The van der Waals surface area contributed by atoms with Gasteiger partial charge in [-0.25, -0.2) is 4.98 Å². The molecule has 1 heterocycles. The minimum Gasteiger partial charge on any atom is -0.437 e. The number of fused-ring (bicyclic) bond motifs is 1. The highest BCUT2D eigenvalue weighted by Crippen LogP contribution is 2.16. The van der Waals surface area contributed by atoms with Gasteiger partial charge in [0, 0.05) is 13.7 Å². The molecule has 0 aliphatic carbocycles. The smallest absolute Gasteiger partial charge is 0.219 e. The van der Waals surface area contributed by atoms with Gasteiger partial charge in [0.25, 0.3) is 0 Å². The Morgan fingerprint density at radius 2 is 1.58 bits per heavy atom. The monoisotopic (exact) mass is 329 g/mol. The molecule has 0 aliphatic heterocycles. The van der Waals surface area contributed by atoms with Crippen molar-refractivity contribution in [1.82, 2.24) is 4.98 Å². The van der Waals surface area contributed by atoms with Gasteiger partial charge in [-0.3, -0.25) is 0 Å². The second-order valence-corrected chi connectivity index (χ2v) is 6.39. The van der Waals surface area contributed by atoms with E-state index < -0.39 is 0 Å². The highest BCUT2D eigenvalue weighted by molar-refractivity contribution is 5.73. The van der Waals surface area contributed by atoms with Crippen LogP contribution in [-0.2, 0) is 4.74 Å². The second-order valence-electron chi connectivity index (χ2n) is 6.39. The Balaban J connectivity index is 1.45. The van der Waals surface area contributed by atoms with Gasteiger partial charge < -0.3 is 9.15 Å². The van der Waals surface area contributed by atoms with Crippen LogP contribution >= 0.6 is 0 Å². The predicted molar refractivity (Wildman–Crippen MR) is 101 cm³/mol. The highest BCUT2D eigenvalue weighted by Gasteiger charge is 2.00. The molecule has 2 rings (SSSR count). The lowest BCUT2D eigenvalue weighted by molar-refractivity contribution is 0.192. The van der Waals surface area contributed by atoms with E-state index in [1.54, 1.807) is 7.11 Å². The summed E-state index contributed by atoms with van der Waals surface area (Å²) in [6, 6.07) is 7.89. The van der Waals surface area contributed by atoms with Crippen LogP contribution in [0.15, 0.2) is 34.8 Å². The zero-order valence-corrected chi connectivity index (χ0v) is 15.0. The average Bonchev–Trinajstić information content (AvgIpc) is 3.02. The third-order valence-electron chi connectivity index (χ3n) is 4.29. The van der Waals surface area contributed by atoms with Crippen LogP contribution in [0.3, 0.4) is 0 Å². The number of rotatable bonds is 13. The van der Waals surface area contributed by atoms with E-state index in [1.165, 1.54) is 57.8 Å². The van der Waals surface area contributed by atoms with Gasteiger partial charge in [0.1, 0.15) is 5.52 Å². The van der Waals surface area contributed by atoms with Crippen LogP contribution in [0.25, 0.3) is 17.2 Å². The van der Waals surface area contributed by atoms with E-state index in [-0.39, 0.29) is 0 Å². The molecule has 0 radical (unpaired) electrons. The molecule has 3 heteroatoms. The zero-order chi connectivity index (χ0) is 16.9. The third kappa shape index (κ3) is 7.31. The topological polar surface area (TPSA) is 35.3 Å². The molecule has 0 amide bonds. The van der Waals surface area contributed by atoms with E-state index >= 15 is 0 Å². The minimum atomic E-state index is 0.713. The molecule has 0 unspecified atom stereocenters. The quantitative estimate of drug-likeness (QED) is 0.399. The largest absolute Gasteiger partial charge is 0.437 e. The zero-order valence-electron chi connectivity index (χ0n) is 15.0. The van der Waals surface area contributed by atoms with Crippen LogP contribution in [0.1, 0.15) is 70.1 Å². The fourth-order valence-electron chi connectivity index (χ4n) is 2.89. The SMILES string of the molecule is COCCCCCCCCCCC/C=C/c1nc2ccccc2o1. The van der Waals surface area contributed by atoms with Crippen LogP contribution in [-0.4, -0.2) is 18.7 Å². The number of aromatic nitrogens is 1. The van der Waals surface area contributed by atoms with Crippen molar-refractivity contribution in [2.24, 2.45) is 0 Å². The van der Waals surface area contributed by atoms with E-state index in [4.69, 9.17) is 9.15 Å². The van der Waals surface area contributed by atoms with Crippen molar-refractivity contribution in [2.45, 2.75) is 64.2 Å². The molecule has 0 spiro atoms. The molecular formula is C21H31NO2. The third-order valence-corrected chi connectivity index (χ3v) is 4.29. The van der Waals surface area contributed by atoms with E-state index in [0.29, 0.717) is 5.89 Å². The summed E-state index contributed by atoms with van der Waals surface area (Å²) >= 11 is 0. The molecule has 1 aromatic carbocycles. The Hall–Kier alpha value is -1.61. The summed E-state index contributed by atoms with van der Waals surface area (Å²) in [5, 5.41) is 0. The molecule has 0 N–H and O–H groups in total. The van der Waals surface area contributed by atoms with Gasteiger partial charge >= 0.3 is 0 Å². The number of ether oxygens (including phenoxy) is 1. The van der Waals surface area contributed by atoms with Crippen molar-refractivity contribution in [3.05, 3.63) is 36.2 Å². The maximum Gasteiger partial charge on any atom is 0.219 e. The summed E-state index contributed by atoms with van der Waals surface area (Å²) < 4.78 is 10.7. The molecular weight excluding hydrogens is 298 g/mol. The number of nitrogens with zero attached hydrogens (tertiary/aromatic N) is 1. The summed E-state index contributed by atoms with van der Waals surface area (Å²) in [4.78, 5) is 4.45. The molecule has 3 nitrogen and oxygen atoms in total. The summed E-state index contributed by atoms with van der Waals surface area (Å²) in [6.07, 6.45) is 17.2. The normalized spacial score (nSPS) is 11.7. The lowest BCUT2D eigenvalue weighted by Gasteiger charge is -2.01. The van der Waals surface area contributed by atoms with Gasteiger partial charge in [0.05, 0.1) is 0 Å². The first-order valence-electron chi connectivity index (χ1n) is 9.41. The number of hydrogen-bond donors (Lipinski definition) is 0. The van der Waals surface area contributed by atoms with Crippen molar-refractivity contribution in [2.75, 3.05) is 13.7 Å². The van der Waals surface area contributed by atoms with E-state index in [9.17, 15) is 0 Å². The summed E-state index contributed by atoms with van der Waals surface area (Å²) in [6.45, 7) is 0.914. The number of allylic oxidation sites excluding steroid dienone is 1. The van der Waals surface area contributed by atoms with Crippen LogP contribution in [0, 0.1) is 0 Å². The van der Waals surface area contributed by atoms with E-state index in [2.05, 4.69) is 11.1 Å². The lowest BCUT2D eigenvalue weighted by Crippen LogP contribution is -1.88. The van der Waals surface area contributed by atoms with Gasteiger partial charge in [-0.05, 0) is 37.5 Å². The summed E-state index contributed by atoms with van der Waals surface area (Å²) in [7, 11) is 1.78. The van der Waals surface area contributed by atoms with Crippen molar-refractivity contribution < 1.29 is 9.15 Å². The Labute approximate surface area is 146 Å². The molecule has 0 bridgehead atoms. The van der Waals surface area contributed by atoms with Crippen molar-refractivity contribution in [3.8, 4) is 0 Å². The fraction of sp³-hybridized carbons (Fsp3) is 0.571. The Bertz CT molecular complexity index is 555. The lowest BCUT2D eigenvalue weighted by atomic mass is 10.1. The number of unbranched alkanes of at least 4 members (excludes halogenated alkanes) is 9. The molecule has 24 heavy (non-hydrogen) atoms. The average molecular weight is 329 g/mol.